The van der Waals surface area contributed by atoms with E-state index in [9.17, 15) is 0 Å². The Bertz CT molecular complexity index is 640. The Kier molecular flexibility index (Phi) is 3.60. The molecule has 0 spiro atoms. The van der Waals surface area contributed by atoms with Crippen LogP contribution in [-0.4, -0.2) is 35.8 Å². The molecule has 1 aliphatic heterocycles. The zero-order valence-electron chi connectivity index (χ0n) is 11.8. The number of fused-ring (bicyclic) bond motifs is 1. The standard InChI is InChI=1S/C14H19BrN4O/c1-18-12-7-13(20-2)10(15)6-11(12)17-14(18)19-5-3-4-9(16)8-19/h6-7,9H,3-5,8,16H2,1-2H3/t9-/m1/s1. The number of hydrogen-bond acceptors (Lipinski definition) is 4. The summed E-state index contributed by atoms with van der Waals surface area (Å²) in [5.74, 6) is 1.80. The van der Waals surface area contributed by atoms with E-state index in [2.05, 4.69) is 25.4 Å². The minimum atomic E-state index is 0.241. The van der Waals surface area contributed by atoms with Gasteiger partial charge in [0.2, 0.25) is 5.95 Å². The number of rotatable bonds is 2. The topological polar surface area (TPSA) is 56.3 Å². The molecule has 6 heteroatoms. The highest BCUT2D eigenvalue weighted by atomic mass is 79.9. The van der Waals surface area contributed by atoms with Crippen LogP contribution in [0.2, 0.25) is 0 Å². The molecule has 0 unspecified atom stereocenters. The molecule has 2 heterocycles. The number of anilines is 1. The average Bonchev–Trinajstić information content (AvgIpc) is 2.74. The van der Waals surface area contributed by atoms with Gasteiger partial charge in [0.05, 0.1) is 22.6 Å². The van der Waals surface area contributed by atoms with Crippen molar-refractivity contribution >= 4 is 32.9 Å². The lowest BCUT2D eigenvalue weighted by Gasteiger charge is -2.31. The lowest BCUT2D eigenvalue weighted by molar-refractivity contribution is 0.412. The van der Waals surface area contributed by atoms with Gasteiger partial charge in [-0.3, -0.25) is 0 Å². The van der Waals surface area contributed by atoms with E-state index in [1.165, 1.54) is 0 Å². The summed E-state index contributed by atoms with van der Waals surface area (Å²) in [5, 5.41) is 0. The van der Waals surface area contributed by atoms with Gasteiger partial charge in [0.15, 0.2) is 0 Å². The summed E-state index contributed by atoms with van der Waals surface area (Å²) in [6.07, 6.45) is 2.22. The first-order valence-electron chi connectivity index (χ1n) is 6.80. The third-order valence-corrected chi connectivity index (χ3v) is 4.49. The molecule has 1 atom stereocenters. The quantitative estimate of drug-likeness (QED) is 0.912. The van der Waals surface area contributed by atoms with Crippen LogP contribution in [0.15, 0.2) is 16.6 Å². The molecular weight excluding hydrogens is 320 g/mol. The molecule has 0 radical (unpaired) electrons. The van der Waals surface area contributed by atoms with Crippen molar-refractivity contribution < 1.29 is 4.74 Å². The second-order valence-corrected chi connectivity index (χ2v) is 6.15. The van der Waals surface area contributed by atoms with Gasteiger partial charge in [-0.25, -0.2) is 4.98 Å². The molecule has 0 aliphatic carbocycles. The monoisotopic (exact) mass is 338 g/mol. The van der Waals surface area contributed by atoms with Gasteiger partial charge in [-0.15, -0.1) is 0 Å². The number of ether oxygens (including phenoxy) is 1. The zero-order valence-corrected chi connectivity index (χ0v) is 13.4. The molecule has 2 aromatic rings. The smallest absolute Gasteiger partial charge is 0.206 e. The van der Waals surface area contributed by atoms with Crippen LogP contribution in [0.3, 0.4) is 0 Å². The number of benzene rings is 1. The number of aryl methyl sites for hydroxylation is 1. The van der Waals surface area contributed by atoms with Crippen molar-refractivity contribution in [2.45, 2.75) is 18.9 Å². The van der Waals surface area contributed by atoms with Gasteiger partial charge >= 0.3 is 0 Å². The van der Waals surface area contributed by atoms with E-state index in [1.807, 2.05) is 19.2 Å². The fourth-order valence-electron chi connectivity index (χ4n) is 2.81. The highest BCUT2D eigenvalue weighted by molar-refractivity contribution is 9.10. The van der Waals surface area contributed by atoms with Gasteiger partial charge in [-0.2, -0.15) is 0 Å². The van der Waals surface area contributed by atoms with Crippen molar-refractivity contribution in [3.63, 3.8) is 0 Å². The van der Waals surface area contributed by atoms with Crippen molar-refractivity contribution in [3.05, 3.63) is 16.6 Å². The fourth-order valence-corrected chi connectivity index (χ4v) is 3.30. The first-order valence-corrected chi connectivity index (χ1v) is 7.60. The molecule has 0 saturated carbocycles. The summed E-state index contributed by atoms with van der Waals surface area (Å²) in [4.78, 5) is 7.03. The Labute approximate surface area is 126 Å². The van der Waals surface area contributed by atoms with Crippen molar-refractivity contribution in [1.29, 1.82) is 0 Å². The lowest BCUT2D eigenvalue weighted by atomic mass is 10.1. The highest BCUT2D eigenvalue weighted by Crippen LogP contribution is 2.32. The molecule has 1 aliphatic rings. The van der Waals surface area contributed by atoms with Crippen molar-refractivity contribution in [3.8, 4) is 5.75 Å². The predicted molar refractivity (Wildman–Crippen MR) is 84.4 cm³/mol. The average molecular weight is 339 g/mol. The maximum Gasteiger partial charge on any atom is 0.206 e. The summed E-state index contributed by atoms with van der Waals surface area (Å²) < 4.78 is 8.40. The van der Waals surface area contributed by atoms with E-state index in [1.54, 1.807) is 7.11 Å². The van der Waals surface area contributed by atoms with Gasteiger partial charge in [0.1, 0.15) is 5.75 Å². The van der Waals surface area contributed by atoms with Gasteiger partial charge in [-0.1, -0.05) is 0 Å². The van der Waals surface area contributed by atoms with Crippen LogP contribution in [0.1, 0.15) is 12.8 Å². The van der Waals surface area contributed by atoms with E-state index >= 15 is 0 Å². The van der Waals surface area contributed by atoms with Crippen LogP contribution in [0, 0.1) is 0 Å². The summed E-state index contributed by atoms with van der Waals surface area (Å²) in [7, 11) is 3.71. The predicted octanol–water partition coefficient (Wildman–Crippen LogP) is 2.27. The number of piperidine rings is 1. The summed E-state index contributed by atoms with van der Waals surface area (Å²) in [6, 6.07) is 4.26. The normalized spacial score (nSPS) is 19.6. The number of methoxy groups -OCH3 is 1. The maximum absolute atomic E-state index is 6.07. The van der Waals surface area contributed by atoms with Crippen LogP contribution in [-0.2, 0) is 7.05 Å². The van der Waals surface area contributed by atoms with E-state index in [-0.39, 0.29) is 6.04 Å². The third kappa shape index (κ3) is 2.27. The summed E-state index contributed by atoms with van der Waals surface area (Å²) in [5.41, 5.74) is 8.11. The molecule has 5 nitrogen and oxygen atoms in total. The molecule has 0 amide bonds. The molecule has 1 fully saturated rings. The summed E-state index contributed by atoms with van der Waals surface area (Å²) >= 11 is 3.51. The minimum Gasteiger partial charge on any atom is -0.495 e. The third-order valence-electron chi connectivity index (χ3n) is 3.87. The Hall–Kier alpha value is -1.27. The molecule has 1 aromatic carbocycles. The minimum absolute atomic E-state index is 0.241. The molecule has 108 valence electrons. The summed E-state index contributed by atoms with van der Waals surface area (Å²) in [6.45, 7) is 1.89. The number of halogens is 1. The Balaban J connectivity index is 2.06. The zero-order chi connectivity index (χ0) is 14.3. The Morgan fingerprint density at radius 3 is 2.95 bits per heavy atom. The molecule has 1 aromatic heterocycles. The first kappa shape index (κ1) is 13.7. The molecule has 0 bridgehead atoms. The van der Waals surface area contributed by atoms with Gasteiger partial charge in [0.25, 0.3) is 0 Å². The fraction of sp³-hybridized carbons (Fsp3) is 0.500. The number of aromatic nitrogens is 2. The van der Waals surface area contributed by atoms with E-state index < -0.39 is 0 Å². The number of nitrogens with zero attached hydrogens (tertiary/aromatic N) is 3. The second-order valence-electron chi connectivity index (χ2n) is 5.29. The van der Waals surface area contributed by atoms with Crippen LogP contribution < -0.4 is 15.4 Å². The van der Waals surface area contributed by atoms with Crippen LogP contribution in [0.5, 0.6) is 5.75 Å². The number of imidazole rings is 1. The van der Waals surface area contributed by atoms with Gasteiger partial charge in [-0.05, 0) is 34.8 Å². The molecular formula is C14H19BrN4O. The maximum atomic E-state index is 6.07. The first-order chi connectivity index (χ1) is 9.60. The molecule has 1 saturated heterocycles. The van der Waals surface area contributed by atoms with Crippen LogP contribution in [0.4, 0.5) is 5.95 Å². The lowest BCUT2D eigenvalue weighted by Crippen LogP contribution is -2.43. The van der Waals surface area contributed by atoms with E-state index in [4.69, 9.17) is 15.5 Å². The second kappa shape index (κ2) is 5.26. The molecule has 3 rings (SSSR count). The molecule has 2 N–H and O–H groups in total. The van der Waals surface area contributed by atoms with Crippen molar-refractivity contribution in [2.24, 2.45) is 12.8 Å². The highest BCUT2D eigenvalue weighted by Gasteiger charge is 2.21. The van der Waals surface area contributed by atoms with Gasteiger partial charge < -0.3 is 19.9 Å². The van der Waals surface area contributed by atoms with Gasteiger partial charge in [0, 0.05) is 32.2 Å². The largest absolute Gasteiger partial charge is 0.495 e. The van der Waals surface area contributed by atoms with Crippen molar-refractivity contribution in [2.75, 3.05) is 25.1 Å². The van der Waals surface area contributed by atoms with Crippen molar-refractivity contribution in [1.82, 2.24) is 9.55 Å². The Morgan fingerprint density at radius 1 is 1.45 bits per heavy atom. The SMILES string of the molecule is COc1cc2c(cc1Br)nc(N1CCC[C@@H](N)C1)n2C. The number of hydrogen-bond donors (Lipinski definition) is 1. The van der Waals surface area contributed by atoms with E-state index in [0.717, 1.165) is 53.1 Å². The van der Waals surface area contributed by atoms with Crippen LogP contribution in [0.25, 0.3) is 11.0 Å². The molecule has 20 heavy (non-hydrogen) atoms. The number of nitrogens with two attached hydrogens (primary N) is 1. The van der Waals surface area contributed by atoms with E-state index in [0.29, 0.717) is 0 Å². The van der Waals surface area contributed by atoms with Crippen LogP contribution >= 0.6 is 15.9 Å². The Morgan fingerprint density at radius 2 is 2.25 bits per heavy atom.